The highest BCUT2D eigenvalue weighted by atomic mass is 16.1. The quantitative estimate of drug-likeness (QED) is 0.539. The minimum Gasteiger partial charge on any atom is -0.350 e. The van der Waals surface area contributed by atoms with E-state index in [4.69, 9.17) is 0 Å². The molecular formula is C22H20N4O2. The van der Waals surface area contributed by atoms with Crippen LogP contribution in [0.4, 0.5) is 0 Å². The molecule has 4 aromatic rings. The van der Waals surface area contributed by atoms with E-state index in [2.05, 4.69) is 27.4 Å². The molecule has 4 heterocycles. The number of imidazole rings is 1. The fourth-order valence-corrected chi connectivity index (χ4v) is 4.32. The van der Waals surface area contributed by atoms with Crippen molar-refractivity contribution < 1.29 is 4.79 Å². The number of nitrogens with zero attached hydrogens (tertiary/aromatic N) is 2. The highest BCUT2D eigenvalue weighted by Gasteiger charge is 2.30. The Hall–Kier alpha value is -3.41. The SMILES string of the molecule is Cc1cc(C)c2[nH]c(=O)c([C@@H]3CC(=O)NCc4nc5ccccn5c43)cc2c1. The van der Waals surface area contributed by atoms with Gasteiger partial charge in [-0.15, -0.1) is 0 Å². The Kier molecular flexibility index (Phi) is 3.62. The molecule has 0 unspecified atom stereocenters. The van der Waals surface area contributed by atoms with E-state index in [0.29, 0.717) is 12.1 Å². The van der Waals surface area contributed by atoms with E-state index in [-0.39, 0.29) is 23.8 Å². The van der Waals surface area contributed by atoms with Crippen molar-refractivity contribution in [2.24, 2.45) is 0 Å². The molecule has 0 fully saturated rings. The second kappa shape index (κ2) is 6.05. The number of amides is 1. The van der Waals surface area contributed by atoms with Crippen LogP contribution in [0.25, 0.3) is 16.6 Å². The van der Waals surface area contributed by atoms with Gasteiger partial charge in [0.2, 0.25) is 5.91 Å². The lowest BCUT2D eigenvalue weighted by molar-refractivity contribution is -0.121. The van der Waals surface area contributed by atoms with Crippen LogP contribution in [-0.4, -0.2) is 20.3 Å². The number of hydrogen-bond acceptors (Lipinski definition) is 3. The van der Waals surface area contributed by atoms with Crippen molar-refractivity contribution in [3.8, 4) is 0 Å². The van der Waals surface area contributed by atoms with Gasteiger partial charge >= 0.3 is 0 Å². The summed E-state index contributed by atoms with van der Waals surface area (Å²) in [7, 11) is 0. The Morgan fingerprint density at radius 1 is 1.14 bits per heavy atom. The lowest BCUT2D eigenvalue weighted by Gasteiger charge is -2.16. The van der Waals surface area contributed by atoms with Crippen LogP contribution in [0, 0.1) is 13.8 Å². The molecule has 5 rings (SSSR count). The number of nitrogens with one attached hydrogen (secondary N) is 2. The van der Waals surface area contributed by atoms with Gasteiger partial charge in [0.05, 0.1) is 23.4 Å². The van der Waals surface area contributed by atoms with Gasteiger partial charge < -0.3 is 14.7 Å². The number of carbonyl (C=O) groups excluding carboxylic acids is 1. The average Bonchev–Trinajstić information content (AvgIpc) is 2.95. The first kappa shape index (κ1) is 16.7. The summed E-state index contributed by atoms with van der Waals surface area (Å²) in [6.45, 7) is 4.40. The van der Waals surface area contributed by atoms with Gasteiger partial charge in [0.25, 0.3) is 5.56 Å². The fraction of sp³-hybridized carbons (Fsp3) is 0.227. The second-order valence-electron chi connectivity index (χ2n) is 7.51. The second-order valence-corrected chi connectivity index (χ2v) is 7.51. The lowest BCUT2D eigenvalue weighted by atomic mass is 9.91. The van der Waals surface area contributed by atoms with Gasteiger partial charge in [0, 0.05) is 24.1 Å². The molecule has 6 nitrogen and oxygen atoms in total. The van der Waals surface area contributed by atoms with Gasteiger partial charge in [0.1, 0.15) is 5.65 Å². The highest BCUT2D eigenvalue weighted by Crippen LogP contribution is 2.33. The number of aromatic amines is 1. The number of aryl methyl sites for hydroxylation is 2. The molecule has 0 bridgehead atoms. The van der Waals surface area contributed by atoms with E-state index in [0.717, 1.165) is 39.1 Å². The Labute approximate surface area is 161 Å². The van der Waals surface area contributed by atoms with E-state index < -0.39 is 0 Å². The van der Waals surface area contributed by atoms with Gasteiger partial charge in [-0.3, -0.25) is 9.59 Å². The van der Waals surface area contributed by atoms with Gasteiger partial charge in [-0.25, -0.2) is 4.98 Å². The zero-order chi connectivity index (χ0) is 19.4. The number of H-pyrrole nitrogens is 1. The minimum atomic E-state index is -0.358. The number of benzene rings is 1. The molecule has 2 N–H and O–H groups in total. The molecule has 0 saturated carbocycles. The molecule has 1 amide bonds. The molecule has 28 heavy (non-hydrogen) atoms. The predicted octanol–water partition coefficient (Wildman–Crippen LogP) is 2.94. The van der Waals surface area contributed by atoms with Crippen molar-refractivity contribution in [2.75, 3.05) is 0 Å². The first-order valence-electron chi connectivity index (χ1n) is 9.38. The van der Waals surface area contributed by atoms with Crippen LogP contribution in [-0.2, 0) is 11.3 Å². The third kappa shape index (κ3) is 2.52. The van der Waals surface area contributed by atoms with E-state index in [9.17, 15) is 9.59 Å². The van der Waals surface area contributed by atoms with Crippen LogP contribution in [0.3, 0.4) is 0 Å². The van der Waals surface area contributed by atoms with Crippen LogP contribution in [0.15, 0.2) is 47.4 Å². The van der Waals surface area contributed by atoms with E-state index >= 15 is 0 Å². The maximum atomic E-state index is 13.0. The number of pyridine rings is 2. The molecule has 1 aliphatic rings. The van der Waals surface area contributed by atoms with Crippen molar-refractivity contribution in [3.05, 3.63) is 81.0 Å². The van der Waals surface area contributed by atoms with Crippen molar-refractivity contribution >= 4 is 22.5 Å². The summed E-state index contributed by atoms with van der Waals surface area (Å²) in [6.07, 6.45) is 2.16. The summed E-state index contributed by atoms with van der Waals surface area (Å²) in [5, 5.41) is 3.89. The standard InChI is InChI=1S/C22H20N4O2/c1-12-7-13(2)20-14(8-12)9-16(22(28)25-20)15-10-19(27)23-11-17-21(15)26-6-4-3-5-18(26)24-17/h3-9,15H,10-11H2,1-2H3,(H,23,27)(H,25,28)/t15-/m0/s1. The van der Waals surface area contributed by atoms with Crippen molar-refractivity contribution in [3.63, 3.8) is 0 Å². The number of aromatic nitrogens is 3. The number of rotatable bonds is 1. The molecule has 0 spiro atoms. The minimum absolute atomic E-state index is 0.0763. The predicted molar refractivity (Wildman–Crippen MR) is 108 cm³/mol. The molecule has 1 aliphatic heterocycles. The highest BCUT2D eigenvalue weighted by molar-refractivity contribution is 5.84. The first-order valence-corrected chi connectivity index (χ1v) is 9.38. The topological polar surface area (TPSA) is 79.3 Å². The van der Waals surface area contributed by atoms with Crippen LogP contribution in [0.1, 0.15) is 40.4 Å². The zero-order valence-electron chi connectivity index (χ0n) is 15.7. The summed E-state index contributed by atoms with van der Waals surface area (Å²) in [5.74, 6) is -0.434. The van der Waals surface area contributed by atoms with Gasteiger partial charge in [-0.2, -0.15) is 0 Å². The molecule has 3 aromatic heterocycles. The molecule has 140 valence electrons. The van der Waals surface area contributed by atoms with Crippen molar-refractivity contribution in [1.82, 2.24) is 19.7 Å². The summed E-state index contributed by atoms with van der Waals surface area (Å²) < 4.78 is 1.99. The number of carbonyl (C=O) groups is 1. The van der Waals surface area contributed by atoms with Crippen LogP contribution in [0.5, 0.6) is 0 Å². The van der Waals surface area contributed by atoms with Gasteiger partial charge in [-0.05, 0) is 49.1 Å². The van der Waals surface area contributed by atoms with E-state index in [1.807, 2.05) is 48.7 Å². The van der Waals surface area contributed by atoms with Crippen molar-refractivity contribution in [2.45, 2.75) is 32.7 Å². The normalized spacial score (nSPS) is 16.8. The maximum absolute atomic E-state index is 13.0. The van der Waals surface area contributed by atoms with Crippen LogP contribution < -0.4 is 10.9 Å². The third-order valence-electron chi connectivity index (χ3n) is 5.51. The first-order chi connectivity index (χ1) is 13.5. The molecule has 0 saturated heterocycles. The largest absolute Gasteiger partial charge is 0.350 e. The molecule has 6 heteroatoms. The number of hydrogen-bond donors (Lipinski definition) is 2. The Balaban J connectivity index is 1.80. The smallest absolute Gasteiger partial charge is 0.252 e. The Bertz CT molecular complexity index is 1320. The van der Waals surface area contributed by atoms with Gasteiger partial charge in [-0.1, -0.05) is 17.7 Å². The Morgan fingerprint density at radius 2 is 2.00 bits per heavy atom. The molecular weight excluding hydrogens is 352 g/mol. The molecule has 1 atom stereocenters. The van der Waals surface area contributed by atoms with E-state index in [1.165, 1.54) is 0 Å². The third-order valence-corrected chi connectivity index (χ3v) is 5.51. The molecule has 0 aliphatic carbocycles. The summed E-state index contributed by atoms with van der Waals surface area (Å²) in [6, 6.07) is 11.9. The zero-order valence-corrected chi connectivity index (χ0v) is 15.7. The average molecular weight is 372 g/mol. The van der Waals surface area contributed by atoms with Crippen molar-refractivity contribution in [1.29, 1.82) is 0 Å². The maximum Gasteiger partial charge on any atom is 0.252 e. The lowest BCUT2D eigenvalue weighted by Crippen LogP contribution is -2.24. The summed E-state index contributed by atoms with van der Waals surface area (Å²) >= 11 is 0. The van der Waals surface area contributed by atoms with Crippen LogP contribution in [0.2, 0.25) is 0 Å². The van der Waals surface area contributed by atoms with Gasteiger partial charge in [0.15, 0.2) is 0 Å². The van der Waals surface area contributed by atoms with Crippen LogP contribution >= 0.6 is 0 Å². The summed E-state index contributed by atoms with van der Waals surface area (Å²) in [5.41, 5.74) is 5.99. The van der Waals surface area contributed by atoms with E-state index in [1.54, 1.807) is 0 Å². The summed E-state index contributed by atoms with van der Waals surface area (Å²) in [4.78, 5) is 33.2. The fourth-order valence-electron chi connectivity index (χ4n) is 4.32. The number of fused-ring (bicyclic) bond motifs is 4. The monoisotopic (exact) mass is 372 g/mol. The molecule has 1 aromatic carbocycles. The molecule has 0 radical (unpaired) electrons. The Morgan fingerprint density at radius 3 is 2.86 bits per heavy atom.